The molecule has 1 aromatic heterocycles. The lowest BCUT2D eigenvalue weighted by Gasteiger charge is -2.22. The summed E-state index contributed by atoms with van der Waals surface area (Å²) in [5.41, 5.74) is 14.6. The van der Waals surface area contributed by atoms with Crippen molar-refractivity contribution < 1.29 is 4.42 Å². The molecule has 0 amide bonds. The highest BCUT2D eigenvalue weighted by Crippen LogP contribution is 2.52. The van der Waals surface area contributed by atoms with Gasteiger partial charge in [-0.3, -0.25) is 0 Å². The summed E-state index contributed by atoms with van der Waals surface area (Å²) in [5, 5.41) is 14.9. The van der Waals surface area contributed by atoms with Crippen molar-refractivity contribution in [3.05, 3.63) is 205 Å². The van der Waals surface area contributed by atoms with E-state index in [1.807, 2.05) is 0 Å². The molecular weight excluding hydrogens is 725 g/mol. The van der Waals surface area contributed by atoms with Crippen molar-refractivity contribution in [2.45, 2.75) is 19.3 Å². The van der Waals surface area contributed by atoms with Crippen molar-refractivity contribution >= 4 is 75.8 Å². The summed E-state index contributed by atoms with van der Waals surface area (Å²) >= 11 is 0. The van der Waals surface area contributed by atoms with Crippen LogP contribution in [0.25, 0.3) is 120 Å². The molecule has 0 N–H and O–H groups in total. The van der Waals surface area contributed by atoms with Gasteiger partial charge in [0.1, 0.15) is 11.2 Å². The summed E-state index contributed by atoms with van der Waals surface area (Å²) in [5.74, 6) is 0. The smallest absolute Gasteiger partial charge is 0.135 e. The fourth-order valence-electron chi connectivity index (χ4n) is 10.7. The van der Waals surface area contributed by atoms with E-state index in [0.29, 0.717) is 0 Å². The van der Waals surface area contributed by atoms with Crippen LogP contribution < -0.4 is 0 Å². The molecule has 11 aromatic carbocycles. The van der Waals surface area contributed by atoms with Gasteiger partial charge in [-0.15, -0.1) is 0 Å². The first-order chi connectivity index (χ1) is 29.5. The number of fused-ring (bicyclic) bond motifs is 12. The third kappa shape index (κ3) is 4.69. The lowest BCUT2D eigenvalue weighted by Crippen LogP contribution is -2.14. The first-order valence-electron chi connectivity index (χ1n) is 21.0. The summed E-state index contributed by atoms with van der Waals surface area (Å²) in [6.07, 6.45) is 0. The molecule has 0 saturated carbocycles. The molecule has 12 aromatic rings. The molecule has 1 heterocycles. The Labute approximate surface area is 347 Å². The van der Waals surface area contributed by atoms with Crippen molar-refractivity contribution in [2.75, 3.05) is 0 Å². The van der Waals surface area contributed by atoms with E-state index >= 15 is 0 Å². The fourth-order valence-corrected chi connectivity index (χ4v) is 10.7. The maximum atomic E-state index is 6.55. The minimum atomic E-state index is -0.0653. The highest BCUT2D eigenvalue weighted by atomic mass is 16.3. The van der Waals surface area contributed by atoms with E-state index in [-0.39, 0.29) is 5.41 Å². The standard InChI is InChI=1S/C59H38O/c1-59(2)53-26-23-37(30-48(53)49-29-35-13-3-4-14-36(35)34-54(49)59)38-24-27-55-50(31-38)51-33-40(25-28-56(51)60-55)57-44-19-9-11-21-46(44)58(47-22-12-10-20-45(47)57)52-32-39-15-5-6-16-41(39)42-17-7-8-18-43(42)52/h3-34H,1-2H3. The molecule has 280 valence electrons. The average Bonchev–Trinajstić information content (AvgIpc) is 3.77. The first kappa shape index (κ1) is 33.5. The van der Waals surface area contributed by atoms with Crippen LogP contribution in [-0.4, -0.2) is 0 Å². The molecule has 60 heavy (non-hydrogen) atoms. The zero-order chi connectivity index (χ0) is 39.7. The Kier molecular flexibility index (Phi) is 6.85. The van der Waals surface area contributed by atoms with Gasteiger partial charge in [0.05, 0.1) is 0 Å². The van der Waals surface area contributed by atoms with Crippen LogP contribution >= 0.6 is 0 Å². The summed E-state index contributed by atoms with van der Waals surface area (Å²) in [6, 6.07) is 72.0. The van der Waals surface area contributed by atoms with Crippen LogP contribution in [0, 0.1) is 0 Å². The monoisotopic (exact) mass is 762 g/mol. The third-order valence-electron chi connectivity index (χ3n) is 13.6. The van der Waals surface area contributed by atoms with Gasteiger partial charge in [-0.2, -0.15) is 0 Å². The van der Waals surface area contributed by atoms with Gasteiger partial charge in [0.25, 0.3) is 0 Å². The molecule has 1 aliphatic rings. The minimum absolute atomic E-state index is 0.0653. The molecule has 0 spiro atoms. The molecular formula is C59H38O. The van der Waals surface area contributed by atoms with Crippen molar-refractivity contribution in [2.24, 2.45) is 0 Å². The quantitative estimate of drug-likeness (QED) is 0.129. The van der Waals surface area contributed by atoms with Gasteiger partial charge in [-0.05, 0) is 158 Å². The molecule has 0 fully saturated rings. The van der Waals surface area contributed by atoms with Crippen LogP contribution in [0.5, 0.6) is 0 Å². The lowest BCUT2D eigenvalue weighted by atomic mass is 9.81. The maximum Gasteiger partial charge on any atom is 0.135 e. The topological polar surface area (TPSA) is 13.1 Å². The average molecular weight is 763 g/mol. The molecule has 0 bridgehead atoms. The Morgan fingerprint density at radius 3 is 1.45 bits per heavy atom. The van der Waals surface area contributed by atoms with Gasteiger partial charge >= 0.3 is 0 Å². The molecule has 0 aliphatic heterocycles. The van der Waals surface area contributed by atoms with E-state index in [4.69, 9.17) is 4.42 Å². The van der Waals surface area contributed by atoms with Crippen LogP contribution in [0.4, 0.5) is 0 Å². The lowest BCUT2D eigenvalue weighted by molar-refractivity contribution is 0.661. The third-order valence-corrected chi connectivity index (χ3v) is 13.6. The molecule has 1 heteroatoms. The number of rotatable bonds is 3. The fraction of sp³-hybridized carbons (Fsp3) is 0.0508. The maximum absolute atomic E-state index is 6.55. The highest BCUT2D eigenvalue weighted by Gasteiger charge is 2.36. The first-order valence-corrected chi connectivity index (χ1v) is 21.0. The van der Waals surface area contributed by atoms with Gasteiger partial charge in [0, 0.05) is 16.2 Å². The SMILES string of the molecule is CC1(C)c2ccc(-c3ccc4oc5ccc(-c6c7ccccc7c(-c7cc8ccccc8c8ccccc78)c7ccccc67)cc5c4c3)cc2-c2cc3ccccc3cc21. The number of benzene rings is 11. The zero-order valence-corrected chi connectivity index (χ0v) is 33.4. The van der Waals surface area contributed by atoms with Crippen LogP contribution in [0.2, 0.25) is 0 Å². The molecule has 0 unspecified atom stereocenters. The van der Waals surface area contributed by atoms with Crippen molar-refractivity contribution in [1.29, 1.82) is 0 Å². The van der Waals surface area contributed by atoms with E-state index in [1.54, 1.807) is 0 Å². The van der Waals surface area contributed by atoms with E-state index in [2.05, 4.69) is 208 Å². The summed E-state index contributed by atoms with van der Waals surface area (Å²) in [4.78, 5) is 0. The van der Waals surface area contributed by atoms with Gasteiger partial charge < -0.3 is 4.42 Å². The minimum Gasteiger partial charge on any atom is -0.456 e. The molecule has 1 nitrogen and oxygen atoms in total. The van der Waals surface area contributed by atoms with Gasteiger partial charge in [-0.1, -0.05) is 159 Å². The predicted molar refractivity (Wildman–Crippen MR) is 255 cm³/mol. The Hall–Kier alpha value is -7.48. The van der Waals surface area contributed by atoms with E-state index < -0.39 is 0 Å². The second-order valence-corrected chi connectivity index (χ2v) is 17.2. The normalized spacial score (nSPS) is 13.3. The molecule has 13 rings (SSSR count). The highest BCUT2D eigenvalue weighted by molar-refractivity contribution is 6.26. The zero-order valence-electron chi connectivity index (χ0n) is 33.4. The van der Waals surface area contributed by atoms with Gasteiger partial charge in [0.2, 0.25) is 0 Å². The van der Waals surface area contributed by atoms with Crippen LogP contribution in [0.3, 0.4) is 0 Å². The number of furan rings is 1. The molecule has 1 aliphatic carbocycles. The molecule has 0 saturated heterocycles. The Morgan fingerprint density at radius 2 is 0.767 bits per heavy atom. The van der Waals surface area contributed by atoms with Crippen LogP contribution in [-0.2, 0) is 5.41 Å². The van der Waals surface area contributed by atoms with E-state index in [9.17, 15) is 0 Å². The second-order valence-electron chi connectivity index (χ2n) is 17.2. The summed E-state index contributed by atoms with van der Waals surface area (Å²) in [7, 11) is 0. The Bertz CT molecular complexity index is 3750. The number of hydrogen-bond acceptors (Lipinski definition) is 1. The van der Waals surface area contributed by atoms with Crippen LogP contribution in [0.1, 0.15) is 25.0 Å². The van der Waals surface area contributed by atoms with Crippen LogP contribution in [0.15, 0.2) is 199 Å². The summed E-state index contributed by atoms with van der Waals surface area (Å²) in [6.45, 7) is 4.72. The predicted octanol–water partition coefficient (Wildman–Crippen LogP) is 16.7. The molecule has 0 atom stereocenters. The van der Waals surface area contributed by atoms with Gasteiger partial charge in [0.15, 0.2) is 0 Å². The summed E-state index contributed by atoms with van der Waals surface area (Å²) < 4.78 is 6.55. The second kappa shape index (κ2) is 12.3. The van der Waals surface area contributed by atoms with Crippen molar-refractivity contribution in [3.63, 3.8) is 0 Å². The Morgan fingerprint density at radius 1 is 0.300 bits per heavy atom. The largest absolute Gasteiger partial charge is 0.456 e. The van der Waals surface area contributed by atoms with Crippen molar-refractivity contribution in [1.82, 2.24) is 0 Å². The Balaban J connectivity index is 1.000. The number of hydrogen-bond donors (Lipinski definition) is 0. The van der Waals surface area contributed by atoms with Crippen molar-refractivity contribution in [3.8, 4) is 44.5 Å². The molecule has 0 radical (unpaired) electrons. The van der Waals surface area contributed by atoms with Gasteiger partial charge in [-0.25, -0.2) is 0 Å². The van der Waals surface area contributed by atoms with E-state index in [1.165, 1.54) is 109 Å². The van der Waals surface area contributed by atoms with E-state index in [0.717, 1.165) is 21.9 Å².